The first-order valence-corrected chi connectivity index (χ1v) is 8.45. The molecule has 0 unspecified atom stereocenters. The summed E-state index contributed by atoms with van der Waals surface area (Å²) in [5.74, 6) is -0.127. The van der Waals surface area contributed by atoms with Gasteiger partial charge in [-0.05, 0) is 43.0 Å². The lowest BCUT2D eigenvalue weighted by Crippen LogP contribution is -2.32. The molecule has 0 aliphatic heterocycles. The fourth-order valence-electron chi connectivity index (χ4n) is 2.81. The number of nitrogens with zero attached hydrogens (tertiary/aromatic N) is 2. The van der Waals surface area contributed by atoms with Crippen LogP contribution < -0.4 is 4.90 Å². The van der Waals surface area contributed by atoms with Crippen molar-refractivity contribution in [2.75, 3.05) is 18.6 Å². The second-order valence-electron chi connectivity index (χ2n) is 6.39. The average Bonchev–Trinajstić information content (AvgIpc) is 3.49. The lowest BCUT2D eigenvalue weighted by molar-refractivity contribution is -0.116. The van der Waals surface area contributed by atoms with Gasteiger partial charge in [-0.25, -0.2) is 4.79 Å². The Balaban J connectivity index is 2.02. The van der Waals surface area contributed by atoms with Crippen molar-refractivity contribution in [3.05, 3.63) is 47.7 Å². The van der Waals surface area contributed by atoms with E-state index in [4.69, 9.17) is 4.74 Å². The highest BCUT2D eigenvalue weighted by molar-refractivity contribution is 6.03. The van der Waals surface area contributed by atoms with Gasteiger partial charge in [0.05, 0.1) is 24.1 Å². The van der Waals surface area contributed by atoms with Crippen LogP contribution in [0.4, 0.5) is 5.69 Å². The van der Waals surface area contributed by atoms with Crippen molar-refractivity contribution in [2.24, 2.45) is 5.92 Å². The van der Waals surface area contributed by atoms with Crippen molar-refractivity contribution < 1.29 is 19.1 Å². The van der Waals surface area contributed by atoms with Crippen molar-refractivity contribution in [3.8, 4) is 11.3 Å². The molecule has 1 saturated carbocycles. The summed E-state index contributed by atoms with van der Waals surface area (Å²) in [4.78, 5) is 41.1. The molecule has 0 N–H and O–H groups in total. The Morgan fingerprint density at radius 1 is 1.27 bits per heavy atom. The van der Waals surface area contributed by atoms with Crippen molar-refractivity contribution in [1.29, 1.82) is 0 Å². The van der Waals surface area contributed by atoms with Crippen LogP contribution in [0.15, 0.2) is 36.5 Å². The van der Waals surface area contributed by atoms with Crippen LogP contribution in [0, 0.1) is 5.92 Å². The largest absolute Gasteiger partial charge is 0.465 e. The Morgan fingerprint density at radius 3 is 2.58 bits per heavy atom. The summed E-state index contributed by atoms with van der Waals surface area (Å²) >= 11 is 0. The van der Waals surface area contributed by atoms with E-state index in [9.17, 15) is 14.4 Å². The standard InChI is InChI=1S/C20H20N2O4/c1-13(24)22(11-14-3-4-14)19-8-6-16(9-17(19)20(25)26-2)18-7-5-15(12-23)10-21-18/h5-10,12,14H,3-4,11H2,1-2H3. The Kier molecular flexibility index (Phi) is 5.11. The van der Waals surface area contributed by atoms with E-state index in [-0.39, 0.29) is 5.91 Å². The lowest BCUT2D eigenvalue weighted by Gasteiger charge is -2.23. The Hall–Kier alpha value is -3.02. The molecule has 0 atom stereocenters. The van der Waals surface area contributed by atoms with Crippen LogP contribution in [-0.2, 0) is 9.53 Å². The van der Waals surface area contributed by atoms with Crippen LogP contribution in [0.3, 0.4) is 0 Å². The molecule has 0 bridgehead atoms. The minimum absolute atomic E-state index is 0.108. The molecule has 6 nitrogen and oxygen atoms in total. The fourth-order valence-corrected chi connectivity index (χ4v) is 2.81. The fraction of sp³-hybridized carbons (Fsp3) is 0.300. The summed E-state index contributed by atoms with van der Waals surface area (Å²) in [5.41, 5.74) is 2.68. The summed E-state index contributed by atoms with van der Waals surface area (Å²) in [6, 6.07) is 8.61. The Bertz CT molecular complexity index is 841. The molecule has 1 fully saturated rings. The first kappa shape index (κ1) is 17.8. The molecule has 0 spiro atoms. The maximum atomic E-state index is 12.3. The van der Waals surface area contributed by atoms with Crippen molar-refractivity contribution >= 4 is 23.9 Å². The number of rotatable bonds is 6. The molecule has 0 saturated heterocycles. The highest BCUT2D eigenvalue weighted by Crippen LogP contribution is 2.34. The van der Waals surface area contributed by atoms with E-state index >= 15 is 0 Å². The van der Waals surface area contributed by atoms with Gasteiger partial charge in [-0.15, -0.1) is 0 Å². The number of hydrogen-bond acceptors (Lipinski definition) is 5. The SMILES string of the molecule is COC(=O)c1cc(-c2ccc(C=O)cn2)ccc1N(CC1CC1)C(C)=O. The van der Waals surface area contributed by atoms with Gasteiger partial charge in [0.1, 0.15) is 0 Å². The molecule has 1 aromatic carbocycles. The molecule has 2 aromatic rings. The zero-order valence-electron chi connectivity index (χ0n) is 14.8. The molecule has 0 radical (unpaired) electrons. The Morgan fingerprint density at radius 2 is 2.04 bits per heavy atom. The van der Waals surface area contributed by atoms with Crippen LogP contribution >= 0.6 is 0 Å². The average molecular weight is 352 g/mol. The topological polar surface area (TPSA) is 76.6 Å². The number of carbonyl (C=O) groups excluding carboxylic acids is 3. The highest BCUT2D eigenvalue weighted by Gasteiger charge is 2.28. The maximum absolute atomic E-state index is 12.3. The summed E-state index contributed by atoms with van der Waals surface area (Å²) in [6.07, 6.45) is 4.40. The first-order valence-electron chi connectivity index (χ1n) is 8.45. The van der Waals surface area contributed by atoms with Gasteiger partial charge >= 0.3 is 5.97 Å². The number of pyridine rings is 1. The number of hydrogen-bond donors (Lipinski definition) is 0. The number of amides is 1. The Labute approximate surface area is 151 Å². The van der Waals surface area contributed by atoms with Gasteiger partial charge in [0, 0.05) is 30.8 Å². The molecule has 1 amide bonds. The zero-order valence-corrected chi connectivity index (χ0v) is 14.8. The number of ether oxygens (including phenoxy) is 1. The van der Waals surface area contributed by atoms with Crippen LogP contribution in [0.25, 0.3) is 11.3 Å². The van der Waals surface area contributed by atoms with E-state index in [1.807, 2.05) is 6.07 Å². The minimum Gasteiger partial charge on any atom is -0.465 e. The van der Waals surface area contributed by atoms with Gasteiger partial charge in [0.2, 0.25) is 5.91 Å². The number of aldehydes is 1. The minimum atomic E-state index is -0.506. The van der Waals surface area contributed by atoms with E-state index in [2.05, 4.69) is 4.98 Å². The molecule has 1 heterocycles. The third-order valence-corrected chi connectivity index (χ3v) is 4.43. The molecule has 134 valence electrons. The van der Waals surface area contributed by atoms with Crippen molar-refractivity contribution in [3.63, 3.8) is 0 Å². The second kappa shape index (κ2) is 7.47. The number of aromatic nitrogens is 1. The molecule has 1 aliphatic carbocycles. The van der Waals surface area contributed by atoms with Crippen molar-refractivity contribution in [1.82, 2.24) is 4.98 Å². The van der Waals surface area contributed by atoms with Crippen LogP contribution in [0.1, 0.15) is 40.5 Å². The van der Waals surface area contributed by atoms with E-state index in [0.29, 0.717) is 40.5 Å². The number of esters is 1. The summed E-state index contributed by atoms with van der Waals surface area (Å²) in [7, 11) is 1.31. The normalized spacial score (nSPS) is 13.2. The second-order valence-corrected chi connectivity index (χ2v) is 6.39. The highest BCUT2D eigenvalue weighted by atomic mass is 16.5. The molecule has 6 heteroatoms. The third-order valence-electron chi connectivity index (χ3n) is 4.43. The van der Waals surface area contributed by atoms with E-state index in [1.54, 1.807) is 29.2 Å². The molecule has 1 aromatic heterocycles. The summed E-state index contributed by atoms with van der Waals surface area (Å²) < 4.78 is 4.91. The van der Waals surface area contributed by atoms with E-state index in [0.717, 1.165) is 19.1 Å². The van der Waals surface area contributed by atoms with Gasteiger partial charge in [-0.1, -0.05) is 6.07 Å². The number of benzene rings is 1. The molecular weight excluding hydrogens is 332 g/mol. The number of carbonyl (C=O) groups is 3. The summed E-state index contributed by atoms with van der Waals surface area (Å²) in [5, 5.41) is 0. The van der Waals surface area contributed by atoms with Crippen LogP contribution in [0.2, 0.25) is 0 Å². The third kappa shape index (κ3) is 3.79. The predicted molar refractivity (Wildman–Crippen MR) is 97.2 cm³/mol. The van der Waals surface area contributed by atoms with E-state index in [1.165, 1.54) is 20.2 Å². The van der Waals surface area contributed by atoms with E-state index < -0.39 is 5.97 Å². The molecule has 1 aliphatic rings. The zero-order chi connectivity index (χ0) is 18.7. The lowest BCUT2D eigenvalue weighted by atomic mass is 10.0. The van der Waals surface area contributed by atoms with Crippen LogP contribution in [0.5, 0.6) is 0 Å². The van der Waals surface area contributed by atoms with Crippen molar-refractivity contribution in [2.45, 2.75) is 19.8 Å². The van der Waals surface area contributed by atoms with Gasteiger partial charge in [-0.2, -0.15) is 0 Å². The predicted octanol–water partition coefficient (Wildman–Crippen LogP) is 3.11. The maximum Gasteiger partial charge on any atom is 0.340 e. The smallest absolute Gasteiger partial charge is 0.340 e. The molecule has 26 heavy (non-hydrogen) atoms. The molecular formula is C20H20N2O4. The molecule has 3 rings (SSSR count). The van der Waals surface area contributed by atoms with Gasteiger partial charge in [-0.3, -0.25) is 14.6 Å². The van der Waals surface area contributed by atoms with Crippen LogP contribution in [-0.4, -0.2) is 36.8 Å². The summed E-state index contributed by atoms with van der Waals surface area (Å²) in [6.45, 7) is 2.10. The monoisotopic (exact) mass is 352 g/mol. The quantitative estimate of drug-likeness (QED) is 0.590. The first-order chi connectivity index (χ1) is 12.5. The van der Waals surface area contributed by atoms with Gasteiger partial charge in [0.15, 0.2) is 6.29 Å². The van der Waals surface area contributed by atoms with Gasteiger partial charge < -0.3 is 9.64 Å². The van der Waals surface area contributed by atoms with Gasteiger partial charge in [0.25, 0.3) is 0 Å². The number of anilines is 1. The number of methoxy groups -OCH3 is 1.